The molecule has 1 N–H and O–H groups in total. The molecule has 1 heterocycles. The molecule has 24 heavy (non-hydrogen) atoms. The third-order valence-electron chi connectivity index (χ3n) is 3.82. The number of nitrogens with one attached hydrogen (secondary N) is 1. The number of halogens is 2. The number of hydrogen-bond acceptors (Lipinski definition) is 4. The molecule has 2 rings (SSSR count). The minimum absolute atomic E-state index is 0.0617. The van der Waals surface area contributed by atoms with E-state index in [9.17, 15) is 14.0 Å². The number of nitrogens with zero attached hydrogens (tertiary/aromatic N) is 2. The second-order valence-electron chi connectivity index (χ2n) is 5.54. The van der Waals surface area contributed by atoms with Crippen LogP contribution in [0.2, 0.25) is 5.02 Å². The molecule has 0 spiro atoms. The Bertz CT molecular complexity index is 592. The summed E-state index contributed by atoms with van der Waals surface area (Å²) in [5.41, 5.74) is 0.295. The predicted octanol–water partition coefficient (Wildman–Crippen LogP) is 1.000. The highest BCUT2D eigenvalue weighted by atomic mass is 35.5. The highest BCUT2D eigenvalue weighted by molar-refractivity contribution is 6.33. The Morgan fingerprint density at radius 2 is 2.00 bits per heavy atom. The zero-order valence-electron chi connectivity index (χ0n) is 13.6. The number of piperazine rings is 1. The largest absolute Gasteiger partial charge is 0.383 e. The van der Waals surface area contributed by atoms with E-state index in [0.29, 0.717) is 51.4 Å². The molecule has 2 amide bonds. The number of hydrogen-bond donors (Lipinski definition) is 1. The van der Waals surface area contributed by atoms with Gasteiger partial charge in [0.05, 0.1) is 23.7 Å². The van der Waals surface area contributed by atoms with Crippen molar-refractivity contribution in [3.05, 3.63) is 34.6 Å². The van der Waals surface area contributed by atoms with Crippen LogP contribution in [-0.2, 0) is 9.53 Å². The normalized spacial score (nSPS) is 15.4. The third-order valence-corrected chi connectivity index (χ3v) is 4.13. The molecule has 0 aliphatic carbocycles. The summed E-state index contributed by atoms with van der Waals surface area (Å²) in [6, 6.07) is 3.75. The van der Waals surface area contributed by atoms with Gasteiger partial charge in [-0.1, -0.05) is 11.6 Å². The van der Waals surface area contributed by atoms with Crippen molar-refractivity contribution in [1.29, 1.82) is 0 Å². The van der Waals surface area contributed by atoms with Crippen LogP contribution in [0.3, 0.4) is 0 Å². The number of rotatable bonds is 6. The van der Waals surface area contributed by atoms with Gasteiger partial charge in [-0.2, -0.15) is 0 Å². The van der Waals surface area contributed by atoms with E-state index in [1.54, 1.807) is 12.0 Å². The van der Waals surface area contributed by atoms with Crippen LogP contribution in [0.15, 0.2) is 18.2 Å². The number of amides is 2. The fraction of sp³-hybridized carbons (Fsp3) is 0.500. The van der Waals surface area contributed by atoms with Crippen molar-refractivity contribution in [2.24, 2.45) is 0 Å². The number of methoxy groups -OCH3 is 1. The lowest BCUT2D eigenvalue weighted by atomic mass is 10.1. The number of carbonyl (C=O) groups is 2. The summed E-state index contributed by atoms with van der Waals surface area (Å²) in [4.78, 5) is 27.8. The standard InChI is InChI=1S/C16H21ClFN3O3/c1-24-9-4-19-15(22)11-20-5-7-21(8-6-20)16(23)13-3-2-12(18)10-14(13)17/h2-3,10H,4-9,11H2,1H3,(H,19,22). The lowest BCUT2D eigenvalue weighted by Crippen LogP contribution is -2.51. The second kappa shape index (κ2) is 8.96. The van der Waals surface area contributed by atoms with E-state index < -0.39 is 5.82 Å². The molecule has 6 nitrogen and oxygen atoms in total. The minimum Gasteiger partial charge on any atom is -0.383 e. The molecule has 132 valence electrons. The van der Waals surface area contributed by atoms with Crippen LogP contribution in [0.25, 0.3) is 0 Å². The monoisotopic (exact) mass is 357 g/mol. The summed E-state index contributed by atoms with van der Waals surface area (Å²) in [6.07, 6.45) is 0. The number of carbonyl (C=O) groups excluding carboxylic acids is 2. The van der Waals surface area contributed by atoms with Crippen molar-refractivity contribution in [2.45, 2.75) is 0 Å². The Morgan fingerprint density at radius 3 is 2.62 bits per heavy atom. The Morgan fingerprint density at radius 1 is 1.29 bits per heavy atom. The van der Waals surface area contributed by atoms with Crippen LogP contribution in [0.1, 0.15) is 10.4 Å². The van der Waals surface area contributed by atoms with Crippen LogP contribution in [0.5, 0.6) is 0 Å². The maximum Gasteiger partial charge on any atom is 0.255 e. The van der Waals surface area contributed by atoms with Crippen LogP contribution >= 0.6 is 11.6 Å². The quantitative estimate of drug-likeness (QED) is 0.772. The number of ether oxygens (including phenoxy) is 1. The molecular formula is C16H21ClFN3O3. The fourth-order valence-electron chi connectivity index (χ4n) is 2.49. The minimum atomic E-state index is -0.471. The molecule has 0 unspecified atom stereocenters. The molecule has 0 aromatic heterocycles. The molecule has 1 fully saturated rings. The van der Waals surface area contributed by atoms with E-state index in [0.717, 1.165) is 6.07 Å². The summed E-state index contributed by atoms with van der Waals surface area (Å²) < 4.78 is 18.0. The molecule has 1 aromatic carbocycles. The van der Waals surface area contributed by atoms with E-state index in [2.05, 4.69) is 5.32 Å². The van der Waals surface area contributed by atoms with Gasteiger partial charge in [-0.05, 0) is 18.2 Å². The van der Waals surface area contributed by atoms with Gasteiger partial charge in [-0.25, -0.2) is 4.39 Å². The second-order valence-corrected chi connectivity index (χ2v) is 5.94. The first-order valence-corrected chi connectivity index (χ1v) is 8.11. The first kappa shape index (κ1) is 18.6. The van der Waals surface area contributed by atoms with Crippen LogP contribution in [0, 0.1) is 5.82 Å². The average Bonchev–Trinajstić information content (AvgIpc) is 2.55. The average molecular weight is 358 g/mol. The highest BCUT2D eigenvalue weighted by Crippen LogP contribution is 2.19. The maximum absolute atomic E-state index is 13.1. The van der Waals surface area contributed by atoms with E-state index >= 15 is 0 Å². The van der Waals surface area contributed by atoms with Crippen molar-refractivity contribution in [3.63, 3.8) is 0 Å². The molecule has 0 radical (unpaired) electrons. The van der Waals surface area contributed by atoms with Gasteiger partial charge in [-0.3, -0.25) is 14.5 Å². The summed E-state index contributed by atoms with van der Waals surface area (Å²) >= 11 is 5.94. The molecule has 0 saturated carbocycles. The zero-order valence-corrected chi connectivity index (χ0v) is 14.3. The van der Waals surface area contributed by atoms with Gasteiger partial charge in [0.2, 0.25) is 5.91 Å². The molecule has 1 aliphatic rings. The van der Waals surface area contributed by atoms with Crippen LogP contribution in [-0.4, -0.2) is 74.6 Å². The zero-order chi connectivity index (χ0) is 17.5. The van der Waals surface area contributed by atoms with Crippen LogP contribution in [0.4, 0.5) is 4.39 Å². The Labute approximate surface area is 145 Å². The topological polar surface area (TPSA) is 61.9 Å². The molecular weight excluding hydrogens is 337 g/mol. The smallest absolute Gasteiger partial charge is 0.255 e. The van der Waals surface area contributed by atoms with Gasteiger partial charge in [0.1, 0.15) is 5.82 Å². The van der Waals surface area contributed by atoms with Gasteiger partial charge in [-0.15, -0.1) is 0 Å². The first-order valence-electron chi connectivity index (χ1n) is 7.73. The molecule has 1 aromatic rings. The first-order chi connectivity index (χ1) is 11.5. The fourth-order valence-corrected chi connectivity index (χ4v) is 2.74. The summed E-state index contributed by atoms with van der Waals surface area (Å²) in [7, 11) is 1.58. The van der Waals surface area contributed by atoms with Gasteiger partial charge >= 0.3 is 0 Å². The molecule has 1 saturated heterocycles. The van der Waals surface area contributed by atoms with Gasteiger partial charge in [0.15, 0.2) is 0 Å². The predicted molar refractivity (Wildman–Crippen MR) is 88.6 cm³/mol. The molecule has 8 heteroatoms. The molecule has 1 aliphatic heterocycles. The number of benzene rings is 1. The van der Waals surface area contributed by atoms with Gasteiger partial charge in [0, 0.05) is 39.8 Å². The molecule has 0 bridgehead atoms. The van der Waals surface area contributed by atoms with Crippen molar-refractivity contribution < 1.29 is 18.7 Å². The van der Waals surface area contributed by atoms with Crippen molar-refractivity contribution >= 4 is 23.4 Å². The van der Waals surface area contributed by atoms with E-state index in [-0.39, 0.29) is 16.8 Å². The van der Waals surface area contributed by atoms with Gasteiger partial charge in [0.25, 0.3) is 5.91 Å². The van der Waals surface area contributed by atoms with Crippen LogP contribution < -0.4 is 5.32 Å². The highest BCUT2D eigenvalue weighted by Gasteiger charge is 2.24. The van der Waals surface area contributed by atoms with E-state index in [1.807, 2.05) is 4.90 Å². The SMILES string of the molecule is COCCNC(=O)CN1CCN(C(=O)c2ccc(F)cc2Cl)CC1. The van der Waals surface area contributed by atoms with Gasteiger partial charge < -0.3 is 15.0 Å². The van der Waals surface area contributed by atoms with E-state index in [1.165, 1.54) is 12.1 Å². The lowest BCUT2D eigenvalue weighted by molar-refractivity contribution is -0.122. The molecule has 0 atom stereocenters. The Kier molecular flexibility index (Phi) is 6.96. The van der Waals surface area contributed by atoms with Crippen molar-refractivity contribution in [3.8, 4) is 0 Å². The third kappa shape index (κ3) is 5.15. The van der Waals surface area contributed by atoms with Crippen molar-refractivity contribution in [1.82, 2.24) is 15.1 Å². The Hall–Kier alpha value is -1.70. The van der Waals surface area contributed by atoms with E-state index in [4.69, 9.17) is 16.3 Å². The maximum atomic E-state index is 13.1. The Balaban J connectivity index is 1.81. The summed E-state index contributed by atoms with van der Waals surface area (Å²) in [5, 5.41) is 2.88. The lowest BCUT2D eigenvalue weighted by Gasteiger charge is -2.34. The van der Waals surface area contributed by atoms with Crippen molar-refractivity contribution in [2.75, 3.05) is 53.0 Å². The summed E-state index contributed by atoms with van der Waals surface area (Å²) in [6.45, 7) is 3.45. The summed E-state index contributed by atoms with van der Waals surface area (Å²) in [5.74, 6) is -0.751.